The molecule has 14 heavy (non-hydrogen) atoms. The van der Waals surface area contributed by atoms with Gasteiger partial charge in [0.25, 0.3) is 6.10 Å². The zero-order valence-electron chi connectivity index (χ0n) is 7.63. The van der Waals surface area contributed by atoms with Crippen LogP contribution in [0.5, 0.6) is 0 Å². The van der Waals surface area contributed by atoms with Crippen molar-refractivity contribution in [1.29, 1.82) is 0 Å². The Hall–Kier alpha value is -1.04. The first-order chi connectivity index (χ1) is 6.43. The van der Waals surface area contributed by atoms with E-state index in [-0.39, 0.29) is 13.2 Å². The lowest BCUT2D eigenvalue weighted by molar-refractivity contribution is -0.227. The van der Waals surface area contributed by atoms with Crippen molar-refractivity contribution in [2.75, 3.05) is 13.2 Å². The van der Waals surface area contributed by atoms with Gasteiger partial charge in [0.15, 0.2) is 0 Å². The summed E-state index contributed by atoms with van der Waals surface area (Å²) in [5.74, 6) is -1.43. The van der Waals surface area contributed by atoms with Crippen LogP contribution in [0.4, 0.5) is 13.2 Å². The van der Waals surface area contributed by atoms with Crippen molar-refractivity contribution in [1.82, 2.24) is 0 Å². The van der Waals surface area contributed by atoms with Crippen LogP contribution in [0.3, 0.4) is 0 Å². The van der Waals surface area contributed by atoms with Gasteiger partial charge in [-0.05, 0) is 6.92 Å². The Balaban J connectivity index is 4.38. The highest BCUT2D eigenvalue weighted by atomic mass is 19.4. The first-order valence-corrected chi connectivity index (χ1v) is 3.89. The van der Waals surface area contributed by atoms with Crippen molar-refractivity contribution in [3.05, 3.63) is 12.7 Å². The van der Waals surface area contributed by atoms with Crippen LogP contribution in [0.25, 0.3) is 0 Å². The van der Waals surface area contributed by atoms with Crippen molar-refractivity contribution in [3.8, 4) is 0 Å². The van der Waals surface area contributed by atoms with Gasteiger partial charge >= 0.3 is 12.1 Å². The van der Waals surface area contributed by atoms with E-state index in [1.165, 1.54) is 6.92 Å². The summed E-state index contributed by atoms with van der Waals surface area (Å²) in [6.07, 6.45) is -6.16. The molecule has 0 saturated carbocycles. The van der Waals surface area contributed by atoms with Gasteiger partial charge < -0.3 is 9.47 Å². The molecule has 0 spiro atoms. The predicted molar refractivity (Wildman–Crippen MR) is 42.6 cm³/mol. The summed E-state index contributed by atoms with van der Waals surface area (Å²) < 4.78 is 44.9. The van der Waals surface area contributed by atoms with E-state index in [1.807, 2.05) is 0 Å². The molecule has 1 unspecified atom stereocenters. The minimum Gasteiger partial charge on any atom is -0.464 e. The number of halogens is 3. The fourth-order valence-electron chi connectivity index (χ4n) is 0.678. The van der Waals surface area contributed by atoms with Gasteiger partial charge in [-0.1, -0.05) is 6.08 Å². The molecule has 0 rings (SSSR count). The van der Waals surface area contributed by atoms with Crippen LogP contribution in [-0.2, 0) is 14.3 Å². The Kier molecular flexibility index (Phi) is 5.22. The number of hydrogen-bond acceptors (Lipinski definition) is 3. The summed E-state index contributed by atoms with van der Waals surface area (Å²) >= 11 is 0. The number of ether oxygens (including phenoxy) is 2. The van der Waals surface area contributed by atoms with Gasteiger partial charge in [-0.25, -0.2) is 4.79 Å². The lowest BCUT2D eigenvalue weighted by Crippen LogP contribution is -2.40. The normalized spacial score (nSPS) is 13.4. The molecular weight excluding hydrogens is 201 g/mol. The van der Waals surface area contributed by atoms with Gasteiger partial charge in [-0.15, -0.1) is 6.58 Å². The third kappa shape index (κ3) is 4.27. The maximum atomic E-state index is 12.2. The third-order valence-electron chi connectivity index (χ3n) is 1.18. The van der Waals surface area contributed by atoms with Crippen LogP contribution in [0.2, 0.25) is 0 Å². The second-order valence-corrected chi connectivity index (χ2v) is 2.30. The summed E-state index contributed by atoms with van der Waals surface area (Å²) in [6, 6.07) is 0. The molecule has 6 heteroatoms. The average molecular weight is 212 g/mol. The van der Waals surface area contributed by atoms with Crippen LogP contribution >= 0.6 is 0 Å². The second kappa shape index (κ2) is 5.64. The van der Waals surface area contributed by atoms with Crippen LogP contribution < -0.4 is 0 Å². The van der Waals surface area contributed by atoms with Crippen molar-refractivity contribution in [2.24, 2.45) is 0 Å². The van der Waals surface area contributed by atoms with E-state index < -0.39 is 18.2 Å². The van der Waals surface area contributed by atoms with Gasteiger partial charge in [0.1, 0.15) is 0 Å². The van der Waals surface area contributed by atoms with Crippen LogP contribution in [0.15, 0.2) is 12.7 Å². The number of carbonyl (C=O) groups excluding carboxylic acids is 1. The monoisotopic (exact) mass is 212 g/mol. The number of alkyl halides is 3. The number of esters is 1. The van der Waals surface area contributed by atoms with Crippen molar-refractivity contribution < 1.29 is 27.4 Å². The lowest BCUT2D eigenvalue weighted by atomic mass is 10.3. The first kappa shape index (κ1) is 13.0. The third-order valence-corrected chi connectivity index (χ3v) is 1.18. The van der Waals surface area contributed by atoms with Crippen molar-refractivity contribution >= 4 is 5.97 Å². The minimum atomic E-state index is -4.75. The highest BCUT2D eigenvalue weighted by molar-refractivity contribution is 5.75. The van der Waals surface area contributed by atoms with E-state index in [0.29, 0.717) is 0 Å². The number of carbonyl (C=O) groups is 1. The second-order valence-electron chi connectivity index (χ2n) is 2.30. The van der Waals surface area contributed by atoms with E-state index in [0.717, 1.165) is 6.08 Å². The van der Waals surface area contributed by atoms with Crippen molar-refractivity contribution in [3.63, 3.8) is 0 Å². The first-order valence-electron chi connectivity index (χ1n) is 3.89. The SMILES string of the molecule is C=CCOC(C(=O)OCC)C(F)(F)F. The molecule has 1 atom stereocenters. The van der Waals surface area contributed by atoms with Gasteiger partial charge in [-0.3, -0.25) is 0 Å². The maximum Gasteiger partial charge on any atom is 0.425 e. The molecule has 0 aromatic carbocycles. The molecule has 0 N–H and O–H groups in total. The Morgan fingerprint density at radius 2 is 2.14 bits per heavy atom. The van der Waals surface area contributed by atoms with Gasteiger partial charge in [0, 0.05) is 0 Å². The topological polar surface area (TPSA) is 35.5 Å². The predicted octanol–water partition coefficient (Wildman–Crippen LogP) is 1.68. The van der Waals surface area contributed by atoms with Gasteiger partial charge in [0.05, 0.1) is 13.2 Å². The Morgan fingerprint density at radius 1 is 1.57 bits per heavy atom. The quantitative estimate of drug-likeness (QED) is 0.513. The molecule has 0 amide bonds. The van der Waals surface area contributed by atoms with Gasteiger partial charge in [0.2, 0.25) is 0 Å². The average Bonchev–Trinajstić information content (AvgIpc) is 2.03. The van der Waals surface area contributed by atoms with Crippen molar-refractivity contribution in [2.45, 2.75) is 19.2 Å². The molecule has 0 fully saturated rings. The summed E-state index contributed by atoms with van der Waals surface area (Å²) in [6.45, 7) is 4.11. The van der Waals surface area contributed by atoms with E-state index in [1.54, 1.807) is 0 Å². The standard InChI is InChI=1S/C8H11F3O3/c1-3-5-14-6(8(9,10)11)7(12)13-4-2/h3,6H,1,4-5H2,2H3. The number of hydrogen-bond donors (Lipinski definition) is 0. The summed E-state index contributed by atoms with van der Waals surface area (Å²) in [7, 11) is 0. The molecule has 82 valence electrons. The summed E-state index contributed by atoms with van der Waals surface area (Å²) in [5, 5.41) is 0. The zero-order chi connectivity index (χ0) is 11.2. The fourth-order valence-corrected chi connectivity index (χ4v) is 0.678. The Morgan fingerprint density at radius 3 is 2.50 bits per heavy atom. The van der Waals surface area contributed by atoms with E-state index in [9.17, 15) is 18.0 Å². The van der Waals surface area contributed by atoms with Crippen LogP contribution in [0, 0.1) is 0 Å². The summed E-state index contributed by atoms with van der Waals surface area (Å²) in [4.78, 5) is 10.8. The highest BCUT2D eigenvalue weighted by Crippen LogP contribution is 2.23. The van der Waals surface area contributed by atoms with E-state index >= 15 is 0 Å². The fraction of sp³-hybridized carbons (Fsp3) is 0.625. The molecule has 0 aliphatic carbocycles. The van der Waals surface area contributed by atoms with E-state index in [2.05, 4.69) is 16.1 Å². The number of rotatable bonds is 5. The Bertz CT molecular complexity index is 200. The molecular formula is C8H11F3O3. The molecule has 0 aliphatic heterocycles. The molecule has 0 heterocycles. The van der Waals surface area contributed by atoms with Gasteiger partial charge in [-0.2, -0.15) is 13.2 Å². The minimum absolute atomic E-state index is 0.122. The highest BCUT2D eigenvalue weighted by Gasteiger charge is 2.47. The zero-order valence-corrected chi connectivity index (χ0v) is 7.63. The molecule has 3 nitrogen and oxygen atoms in total. The smallest absolute Gasteiger partial charge is 0.425 e. The largest absolute Gasteiger partial charge is 0.464 e. The molecule has 0 bridgehead atoms. The lowest BCUT2D eigenvalue weighted by Gasteiger charge is -2.17. The Labute approximate surface area is 79.5 Å². The van der Waals surface area contributed by atoms with E-state index in [4.69, 9.17) is 0 Å². The van der Waals surface area contributed by atoms with Crippen LogP contribution in [0.1, 0.15) is 6.92 Å². The molecule has 0 saturated heterocycles. The molecule has 0 aromatic rings. The molecule has 0 aromatic heterocycles. The van der Waals surface area contributed by atoms with Crippen LogP contribution in [-0.4, -0.2) is 31.5 Å². The maximum absolute atomic E-state index is 12.2. The summed E-state index contributed by atoms with van der Waals surface area (Å²) in [5.41, 5.74) is 0. The molecule has 0 aliphatic rings. The molecule has 0 radical (unpaired) electrons.